The number of carbonyl (C=O) groups is 1. The van der Waals surface area contributed by atoms with Gasteiger partial charge in [0.25, 0.3) is 0 Å². The van der Waals surface area contributed by atoms with Gasteiger partial charge in [-0.2, -0.15) is 13.2 Å². The number of benzene rings is 1. The third kappa shape index (κ3) is 2.62. The number of aromatic amines is 1. The molecule has 0 saturated heterocycles. The van der Waals surface area contributed by atoms with Crippen LogP contribution in [0.5, 0.6) is 0 Å². The quantitative estimate of drug-likeness (QED) is 0.853. The summed E-state index contributed by atoms with van der Waals surface area (Å²) in [7, 11) is 0. The Kier molecular flexibility index (Phi) is 3.71. The zero-order valence-corrected chi connectivity index (χ0v) is 10.5. The number of hydrogen-bond acceptors (Lipinski definition) is 3. The third-order valence-electron chi connectivity index (χ3n) is 2.85. The molecule has 0 fully saturated rings. The number of hydrogen-bond donors (Lipinski definition) is 2. The second-order valence-corrected chi connectivity index (χ2v) is 4.16. The number of rotatable bonds is 3. The van der Waals surface area contributed by atoms with Crippen LogP contribution in [0.3, 0.4) is 0 Å². The lowest BCUT2D eigenvalue weighted by molar-refractivity contribution is -0.153. The molecule has 108 valence electrons. The Morgan fingerprint density at radius 2 is 2.15 bits per heavy atom. The topological polar surface area (TPSA) is 62.3 Å². The number of H-pyrrole nitrogens is 1. The minimum Gasteiger partial charge on any atom is -0.464 e. The summed E-state index contributed by atoms with van der Waals surface area (Å²) in [6.45, 7) is 1.70. The highest BCUT2D eigenvalue weighted by Gasteiger charge is 2.31. The smallest absolute Gasteiger partial charge is 0.416 e. The number of ether oxygens (including phenoxy) is 1. The molecule has 2 aromatic rings. The van der Waals surface area contributed by atoms with Gasteiger partial charge in [0.1, 0.15) is 0 Å². The summed E-state index contributed by atoms with van der Waals surface area (Å²) in [6, 6.07) is 3.04. The Labute approximate surface area is 112 Å². The average molecular weight is 287 g/mol. The summed E-state index contributed by atoms with van der Waals surface area (Å²) in [5, 5.41) is 10.2. The number of fused-ring (bicyclic) bond motifs is 1. The van der Waals surface area contributed by atoms with Crippen LogP contribution in [0.2, 0.25) is 0 Å². The van der Waals surface area contributed by atoms with Gasteiger partial charge in [-0.25, -0.2) is 4.79 Å². The predicted molar refractivity (Wildman–Crippen MR) is 64.9 cm³/mol. The van der Waals surface area contributed by atoms with E-state index in [2.05, 4.69) is 9.72 Å². The molecule has 0 amide bonds. The van der Waals surface area contributed by atoms with Crippen LogP contribution in [0.15, 0.2) is 24.4 Å². The Morgan fingerprint density at radius 3 is 2.75 bits per heavy atom. The first-order chi connectivity index (χ1) is 9.34. The van der Waals surface area contributed by atoms with Crippen molar-refractivity contribution in [1.29, 1.82) is 0 Å². The third-order valence-corrected chi connectivity index (χ3v) is 2.85. The summed E-state index contributed by atoms with van der Waals surface area (Å²) in [6.07, 6.45) is -4.67. The van der Waals surface area contributed by atoms with Crippen LogP contribution >= 0.6 is 0 Å². The summed E-state index contributed by atoms with van der Waals surface area (Å²) in [5.74, 6) is -0.840. The molecule has 20 heavy (non-hydrogen) atoms. The maximum atomic E-state index is 12.6. The Bertz CT molecular complexity index is 633. The van der Waals surface area contributed by atoms with Crippen LogP contribution in [-0.4, -0.2) is 22.7 Å². The monoisotopic (exact) mass is 287 g/mol. The molecule has 4 nitrogen and oxygen atoms in total. The van der Waals surface area contributed by atoms with E-state index in [9.17, 15) is 23.1 Å². The van der Waals surface area contributed by atoms with Crippen LogP contribution in [0.1, 0.15) is 24.2 Å². The number of aliphatic hydroxyl groups excluding tert-OH is 1. The van der Waals surface area contributed by atoms with E-state index in [1.807, 2.05) is 0 Å². The van der Waals surface area contributed by atoms with Gasteiger partial charge in [0, 0.05) is 22.7 Å². The molecule has 0 aliphatic heterocycles. The standard InChI is InChI=1S/C13H12F3NO3/c1-2-20-12(19)11(18)9-6-17-10-5-7(13(14,15)16)3-4-8(9)10/h3-6,11,17-18H,2H2,1H3. The molecule has 0 aliphatic carbocycles. The van der Waals surface area contributed by atoms with Crippen molar-refractivity contribution in [2.24, 2.45) is 0 Å². The molecule has 1 aromatic carbocycles. The lowest BCUT2D eigenvalue weighted by Crippen LogP contribution is -2.15. The minimum atomic E-state index is -4.45. The van der Waals surface area contributed by atoms with Gasteiger partial charge in [0.15, 0.2) is 6.10 Å². The number of alkyl halides is 3. The second kappa shape index (κ2) is 5.16. The molecule has 0 radical (unpaired) electrons. The van der Waals surface area contributed by atoms with Gasteiger partial charge in [-0.1, -0.05) is 6.07 Å². The van der Waals surface area contributed by atoms with E-state index in [1.165, 1.54) is 12.3 Å². The second-order valence-electron chi connectivity index (χ2n) is 4.16. The lowest BCUT2D eigenvalue weighted by atomic mass is 10.1. The summed E-state index contributed by atoms with van der Waals surface area (Å²) in [5.41, 5.74) is -0.422. The number of carbonyl (C=O) groups excluding carboxylic acids is 1. The highest BCUT2D eigenvalue weighted by Crippen LogP contribution is 2.33. The zero-order chi connectivity index (χ0) is 14.9. The molecule has 1 heterocycles. The first-order valence-electron chi connectivity index (χ1n) is 5.87. The molecule has 1 aromatic heterocycles. The van der Waals surface area contributed by atoms with Crippen LogP contribution in [0.4, 0.5) is 13.2 Å². The van der Waals surface area contributed by atoms with Gasteiger partial charge < -0.3 is 14.8 Å². The fourth-order valence-electron chi connectivity index (χ4n) is 1.90. The van der Waals surface area contributed by atoms with Crippen LogP contribution in [0, 0.1) is 0 Å². The highest BCUT2D eigenvalue weighted by atomic mass is 19.4. The number of nitrogens with one attached hydrogen (secondary N) is 1. The normalized spacial score (nSPS) is 13.4. The highest BCUT2D eigenvalue weighted by molar-refractivity contribution is 5.89. The Morgan fingerprint density at radius 1 is 1.45 bits per heavy atom. The van der Waals surface area contributed by atoms with Crippen molar-refractivity contribution >= 4 is 16.9 Å². The Hall–Kier alpha value is -2.02. The van der Waals surface area contributed by atoms with E-state index in [4.69, 9.17) is 0 Å². The Balaban J connectivity index is 2.41. The summed E-state index contributed by atoms with van der Waals surface area (Å²) >= 11 is 0. The summed E-state index contributed by atoms with van der Waals surface area (Å²) < 4.78 is 42.4. The molecule has 2 rings (SSSR count). The average Bonchev–Trinajstić information content (AvgIpc) is 2.79. The lowest BCUT2D eigenvalue weighted by Gasteiger charge is -2.09. The molecular formula is C13H12F3NO3. The number of aliphatic hydroxyl groups is 1. The summed E-state index contributed by atoms with van der Waals surface area (Å²) in [4.78, 5) is 14.1. The minimum absolute atomic E-state index is 0.108. The molecule has 0 bridgehead atoms. The van der Waals surface area contributed by atoms with Gasteiger partial charge in [-0.3, -0.25) is 0 Å². The molecule has 0 spiro atoms. The molecular weight excluding hydrogens is 275 g/mol. The van der Waals surface area contributed by atoms with Crippen LogP contribution in [-0.2, 0) is 15.7 Å². The van der Waals surface area contributed by atoms with Gasteiger partial charge in [0.05, 0.1) is 12.2 Å². The molecule has 1 atom stereocenters. The van der Waals surface area contributed by atoms with Crippen LogP contribution in [0.25, 0.3) is 10.9 Å². The fraction of sp³-hybridized carbons (Fsp3) is 0.308. The van der Waals surface area contributed by atoms with E-state index in [1.54, 1.807) is 6.92 Å². The van der Waals surface area contributed by atoms with E-state index in [0.29, 0.717) is 5.39 Å². The molecule has 0 aliphatic rings. The van der Waals surface area contributed by atoms with Crippen molar-refractivity contribution in [3.05, 3.63) is 35.5 Å². The largest absolute Gasteiger partial charge is 0.464 e. The molecule has 1 unspecified atom stereocenters. The van der Waals surface area contributed by atoms with Gasteiger partial charge in [0.2, 0.25) is 0 Å². The number of halogens is 3. The molecule has 7 heteroatoms. The first kappa shape index (κ1) is 14.4. The number of aromatic nitrogens is 1. The van der Waals surface area contributed by atoms with Gasteiger partial charge >= 0.3 is 12.1 Å². The van der Waals surface area contributed by atoms with Gasteiger partial charge in [-0.05, 0) is 19.1 Å². The van der Waals surface area contributed by atoms with E-state index >= 15 is 0 Å². The van der Waals surface area contributed by atoms with E-state index < -0.39 is 23.8 Å². The van der Waals surface area contributed by atoms with E-state index in [-0.39, 0.29) is 17.7 Å². The van der Waals surface area contributed by atoms with Crippen molar-refractivity contribution in [2.45, 2.75) is 19.2 Å². The molecule has 2 N–H and O–H groups in total. The maximum absolute atomic E-state index is 12.6. The van der Waals surface area contributed by atoms with Crippen molar-refractivity contribution in [3.63, 3.8) is 0 Å². The van der Waals surface area contributed by atoms with Crippen molar-refractivity contribution < 1.29 is 27.8 Å². The molecule has 0 saturated carbocycles. The fourth-order valence-corrected chi connectivity index (χ4v) is 1.90. The first-order valence-corrected chi connectivity index (χ1v) is 5.87. The van der Waals surface area contributed by atoms with E-state index in [0.717, 1.165) is 12.1 Å². The zero-order valence-electron chi connectivity index (χ0n) is 10.5. The van der Waals surface area contributed by atoms with Crippen LogP contribution < -0.4 is 0 Å². The van der Waals surface area contributed by atoms with Crippen molar-refractivity contribution in [2.75, 3.05) is 6.61 Å². The van der Waals surface area contributed by atoms with Crippen molar-refractivity contribution in [1.82, 2.24) is 4.98 Å². The number of esters is 1. The van der Waals surface area contributed by atoms with Crippen molar-refractivity contribution in [3.8, 4) is 0 Å². The van der Waals surface area contributed by atoms with Gasteiger partial charge in [-0.15, -0.1) is 0 Å². The predicted octanol–water partition coefficient (Wildman–Crippen LogP) is 2.78. The maximum Gasteiger partial charge on any atom is 0.416 e. The SMILES string of the molecule is CCOC(=O)C(O)c1c[nH]c2cc(C(F)(F)F)ccc12.